The number of amides is 1. The fraction of sp³-hybridized carbons (Fsp3) is 0.412. The second-order valence-corrected chi connectivity index (χ2v) is 6.90. The van der Waals surface area contributed by atoms with Crippen molar-refractivity contribution in [2.75, 3.05) is 6.54 Å². The number of likely N-dealkylation sites (tertiary alicyclic amines) is 1. The van der Waals surface area contributed by atoms with Crippen LogP contribution in [0, 0.1) is 25.2 Å². The monoisotopic (exact) mass is 342 g/mol. The van der Waals surface area contributed by atoms with Gasteiger partial charge in [0.2, 0.25) is 5.91 Å². The van der Waals surface area contributed by atoms with Crippen molar-refractivity contribution < 1.29 is 4.79 Å². The Hall–Kier alpha value is -2.46. The molecule has 7 heteroatoms. The number of nitrogens with zero attached hydrogens (tertiary/aromatic N) is 4. The molecule has 1 aliphatic heterocycles. The molecule has 3 heterocycles. The summed E-state index contributed by atoms with van der Waals surface area (Å²) in [6.07, 6.45) is 1.89. The van der Waals surface area contributed by atoms with E-state index in [1.807, 2.05) is 28.5 Å². The van der Waals surface area contributed by atoms with Gasteiger partial charge in [-0.15, -0.1) is 11.3 Å². The molecule has 1 saturated heterocycles. The Balaban J connectivity index is 1.87. The number of aromatic nitrogens is 2. The Bertz CT molecular complexity index is 864. The fourth-order valence-electron chi connectivity index (χ4n) is 3.07. The van der Waals surface area contributed by atoms with E-state index in [4.69, 9.17) is 0 Å². The minimum atomic E-state index is -0.499. The van der Waals surface area contributed by atoms with E-state index in [1.54, 1.807) is 25.2 Å². The van der Waals surface area contributed by atoms with Gasteiger partial charge in [0.25, 0.3) is 5.56 Å². The summed E-state index contributed by atoms with van der Waals surface area (Å²) in [5.41, 5.74) is 0.728. The van der Waals surface area contributed by atoms with Crippen molar-refractivity contribution in [2.45, 2.75) is 39.3 Å². The van der Waals surface area contributed by atoms with Crippen molar-refractivity contribution in [1.82, 2.24) is 14.7 Å². The van der Waals surface area contributed by atoms with Crippen LogP contribution in [-0.4, -0.2) is 27.1 Å². The Morgan fingerprint density at radius 2 is 2.29 bits per heavy atom. The first-order valence-corrected chi connectivity index (χ1v) is 8.72. The van der Waals surface area contributed by atoms with Crippen LogP contribution in [0.4, 0.5) is 0 Å². The molecule has 1 atom stereocenters. The average molecular weight is 342 g/mol. The minimum Gasteiger partial charge on any atom is -0.333 e. The fourth-order valence-corrected chi connectivity index (χ4v) is 3.95. The molecule has 0 saturated carbocycles. The summed E-state index contributed by atoms with van der Waals surface area (Å²) < 4.78 is 1.12. The van der Waals surface area contributed by atoms with E-state index >= 15 is 0 Å². The molecule has 0 N–H and O–H groups in total. The molecule has 0 aliphatic carbocycles. The molecule has 1 fully saturated rings. The third-order valence-electron chi connectivity index (χ3n) is 4.48. The smallest absolute Gasteiger partial charge is 0.285 e. The van der Waals surface area contributed by atoms with Gasteiger partial charge in [0.05, 0.1) is 11.7 Å². The number of carbonyl (C=O) groups excluding carboxylic acids is 1. The highest BCUT2D eigenvalue weighted by atomic mass is 32.1. The van der Waals surface area contributed by atoms with Gasteiger partial charge in [-0.2, -0.15) is 10.4 Å². The molecule has 0 bridgehead atoms. The van der Waals surface area contributed by atoms with Crippen molar-refractivity contribution in [3.05, 3.63) is 49.6 Å². The van der Waals surface area contributed by atoms with Gasteiger partial charge in [0.1, 0.15) is 18.2 Å². The first kappa shape index (κ1) is 16.4. The second-order valence-electron chi connectivity index (χ2n) is 5.92. The lowest BCUT2D eigenvalue weighted by molar-refractivity contribution is -0.133. The molecular formula is C17H18N4O2S. The third kappa shape index (κ3) is 2.85. The molecular weight excluding hydrogens is 324 g/mol. The summed E-state index contributed by atoms with van der Waals surface area (Å²) in [6, 6.07) is 6.02. The second kappa shape index (κ2) is 6.57. The summed E-state index contributed by atoms with van der Waals surface area (Å²) in [4.78, 5) is 28.0. The van der Waals surface area contributed by atoms with Gasteiger partial charge in [-0.1, -0.05) is 6.07 Å². The van der Waals surface area contributed by atoms with Gasteiger partial charge in [-0.05, 0) is 43.7 Å². The number of thiophene rings is 1. The Morgan fingerprint density at radius 3 is 2.96 bits per heavy atom. The molecule has 1 aliphatic rings. The van der Waals surface area contributed by atoms with Gasteiger partial charge in [-0.3, -0.25) is 9.59 Å². The highest BCUT2D eigenvalue weighted by molar-refractivity contribution is 7.10. The van der Waals surface area contributed by atoms with Crippen LogP contribution in [0.2, 0.25) is 0 Å². The van der Waals surface area contributed by atoms with Crippen molar-refractivity contribution in [3.8, 4) is 6.07 Å². The number of nitriles is 1. The standard InChI is InChI=1S/C17H18N4O2S/c1-11-12(2)19-21(17(23)13(11)9-18)10-16(22)20-7-3-5-14(20)15-6-4-8-24-15/h4,6,8,14H,3,5,7,10H2,1-2H3/t14-/m1/s1. The highest BCUT2D eigenvalue weighted by Crippen LogP contribution is 2.34. The lowest BCUT2D eigenvalue weighted by Crippen LogP contribution is -2.38. The molecule has 2 aromatic heterocycles. The Morgan fingerprint density at radius 1 is 1.50 bits per heavy atom. The van der Waals surface area contributed by atoms with Gasteiger partial charge >= 0.3 is 0 Å². The van der Waals surface area contributed by atoms with E-state index < -0.39 is 5.56 Å². The number of hydrogen-bond acceptors (Lipinski definition) is 5. The molecule has 2 aromatic rings. The largest absolute Gasteiger partial charge is 0.333 e. The van der Waals surface area contributed by atoms with Crippen molar-refractivity contribution in [3.63, 3.8) is 0 Å². The van der Waals surface area contributed by atoms with Crippen LogP contribution in [0.5, 0.6) is 0 Å². The molecule has 24 heavy (non-hydrogen) atoms. The lowest BCUT2D eigenvalue weighted by Gasteiger charge is -2.24. The molecule has 124 valence electrons. The summed E-state index contributed by atoms with van der Waals surface area (Å²) in [6.45, 7) is 3.99. The summed E-state index contributed by atoms with van der Waals surface area (Å²) in [5.74, 6) is -0.132. The Kier molecular flexibility index (Phi) is 4.49. The SMILES string of the molecule is Cc1nn(CC(=O)N2CCC[C@@H]2c2cccs2)c(=O)c(C#N)c1C. The van der Waals surface area contributed by atoms with E-state index in [-0.39, 0.29) is 24.1 Å². The maximum atomic E-state index is 12.7. The lowest BCUT2D eigenvalue weighted by atomic mass is 10.1. The van der Waals surface area contributed by atoms with Crippen LogP contribution in [0.15, 0.2) is 22.3 Å². The summed E-state index contributed by atoms with van der Waals surface area (Å²) >= 11 is 1.64. The molecule has 0 spiro atoms. The minimum absolute atomic E-state index is 0.0616. The first-order valence-electron chi connectivity index (χ1n) is 7.84. The van der Waals surface area contributed by atoms with Crippen LogP contribution >= 0.6 is 11.3 Å². The van der Waals surface area contributed by atoms with Crippen LogP contribution in [0.1, 0.15) is 40.6 Å². The van der Waals surface area contributed by atoms with E-state index in [9.17, 15) is 14.9 Å². The van der Waals surface area contributed by atoms with E-state index in [1.165, 1.54) is 4.88 Å². The van der Waals surface area contributed by atoms with Crippen LogP contribution in [0.25, 0.3) is 0 Å². The zero-order valence-electron chi connectivity index (χ0n) is 13.7. The molecule has 0 radical (unpaired) electrons. The van der Waals surface area contributed by atoms with Gasteiger partial charge in [0.15, 0.2) is 0 Å². The molecule has 1 amide bonds. The normalized spacial score (nSPS) is 17.0. The predicted molar refractivity (Wildman–Crippen MR) is 90.7 cm³/mol. The zero-order chi connectivity index (χ0) is 17.3. The van der Waals surface area contributed by atoms with E-state index in [2.05, 4.69) is 5.10 Å². The quantitative estimate of drug-likeness (QED) is 0.856. The van der Waals surface area contributed by atoms with Crippen LogP contribution in [-0.2, 0) is 11.3 Å². The predicted octanol–water partition coefficient (Wildman–Crippen LogP) is 2.16. The first-order chi connectivity index (χ1) is 11.5. The average Bonchev–Trinajstić information content (AvgIpc) is 3.23. The topological polar surface area (TPSA) is 79.0 Å². The van der Waals surface area contributed by atoms with E-state index in [0.29, 0.717) is 17.8 Å². The van der Waals surface area contributed by atoms with Crippen LogP contribution in [0.3, 0.4) is 0 Å². The number of rotatable bonds is 3. The van der Waals surface area contributed by atoms with Gasteiger partial charge < -0.3 is 4.90 Å². The molecule has 6 nitrogen and oxygen atoms in total. The molecule has 0 aromatic carbocycles. The number of aryl methyl sites for hydroxylation is 1. The molecule has 3 rings (SSSR count). The third-order valence-corrected chi connectivity index (χ3v) is 5.45. The van der Waals surface area contributed by atoms with Crippen molar-refractivity contribution in [1.29, 1.82) is 5.26 Å². The van der Waals surface area contributed by atoms with Gasteiger partial charge in [-0.25, -0.2) is 4.68 Å². The van der Waals surface area contributed by atoms with Crippen LogP contribution < -0.4 is 5.56 Å². The van der Waals surface area contributed by atoms with Crippen molar-refractivity contribution >= 4 is 17.2 Å². The Labute approximate surface area is 144 Å². The molecule has 0 unspecified atom stereocenters. The maximum Gasteiger partial charge on any atom is 0.285 e. The van der Waals surface area contributed by atoms with Gasteiger partial charge in [0, 0.05) is 11.4 Å². The number of carbonyl (C=O) groups is 1. The highest BCUT2D eigenvalue weighted by Gasteiger charge is 2.31. The number of hydrogen-bond donors (Lipinski definition) is 0. The van der Waals surface area contributed by atoms with E-state index in [0.717, 1.165) is 17.5 Å². The summed E-state index contributed by atoms with van der Waals surface area (Å²) in [7, 11) is 0. The van der Waals surface area contributed by atoms with Crippen molar-refractivity contribution in [2.24, 2.45) is 0 Å². The zero-order valence-corrected chi connectivity index (χ0v) is 14.5. The maximum absolute atomic E-state index is 12.7. The summed E-state index contributed by atoms with van der Waals surface area (Å²) in [5, 5.41) is 15.4.